The van der Waals surface area contributed by atoms with Crippen LogP contribution >= 0.6 is 11.6 Å². The summed E-state index contributed by atoms with van der Waals surface area (Å²) >= 11 is 6.17. The predicted molar refractivity (Wildman–Crippen MR) is 75.6 cm³/mol. The van der Waals surface area contributed by atoms with Crippen molar-refractivity contribution in [3.63, 3.8) is 0 Å². The Labute approximate surface area is 115 Å². The highest BCUT2D eigenvalue weighted by Crippen LogP contribution is 2.17. The van der Waals surface area contributed by atoms with Crippen LogP contribution in [0.2, 0.25) is 0 Å². The van der Waals surface area contributed by atoms with Crippen molar-refractivity contribution >= 4 is 21.6 Å². The Balaban J connectivity index is 2.81. The summed E-state index contributed by atoms with van der Waals surface area (Å²) in [5.74, 6) is 0. The van der Waals surface area contributed by atoms with Gasteiger partial charge in [0.05, 0.1) is 4.90 Å². The average molecular weight is 290 g/mol. The first kappa shape index (κ1) is 15.5. The molecule has 1 unspecified atom stereocenters. The topological polar surface area (TPSA) is 37.4 Å². The van der Waals surface area contributed by atoms with E-state index in [0.29, 0.717) is 4.90 Å². The van der Waals surface area contributed by atoms with Crippen LogP contribution in [0.4, 0.5) is 0 Å². The molecule has 0 bridgehead atoms. The van der Waals surface area contributed by atoms with Crippen molar-refractivity contribution in [2.75, 3.05) is 14.1 Å². The number of hydrogen-bond acceptors (Lipinski definition) is 2. The maximum Gasteiger partial charge on any atom is 0.242 e. The van der Waals surface area contributed by atoms with Crippen LogP contribution < -0.4 is 0 Å². The zero-order valence-corrected chi connectivity index (χ0v) is 12.6. The zero-order chi connectivity index (χ0) is 13.8. The van der Waals surface area contributed by atoms with Crippen LogP contribution in [0.15, 0.2) is 29.2 Å². The Morgan fingerprint density at radius 3 is 2.22 bits per heavy atom. The van der Waals surface area contributed by atoms with Gasteiger partial charge in [-0.3, -0.25) is 0 Å². The molecule has 0 fully saturated rings. The van der Waals surface area contributed by atoms with Crippen LogP contribution in [0.5, 0.6) is 0 Å². The maximum atomic E-state index is 11.9. The third kappa shape index (κ3) is 3.97. The van der Waals surface area contributed by atoms with E-state index >= 15 is 0 Å². The largest absolute Gasteiger partial charge is 0.242 e. The monoisotopic (exact) mass is 289 g/mol. The number of hydrogen-bond donors (Lipinski definition) is 0. The third-order valence-electron chi connectivity index (χ3n) is 2.76. The molecule has 5 heteroatoms. The van der Waals surface area contributed by atoms with Gasteiger partial charge in [-0.2, -0.15) is 0 Å². The number of nitrogens with zero attached hydrogens (tertiary/aromatic N) is 1. The highest BCUT2D eigenvalue weighted by atomic mass is 35.5. The summed E-state index contributed by atoms with van der Waals surface area (Å²) in [4.78, 5) is 0.317. The smallest absolute Gasteiger partial charge is 0.207 e. The second kappa shape index (κ2) is 6.55. The molecule has 1 rings (SSSR count). The van der Waals surface area contributed by atoms with E-state index in [1.54, 1.807) is 12.1 Å². The predicted octanol–water partition coefficient (Wildman–Crippen LogP) is 2.89. The van der Waals surface area contributed by atoms with E-state index in [1.165, 1.54) is 18.4 Å². The lowest BCUT2D eigenvalue weighted by Crippen LogP contribution is -2.22. The molecule has 0 N–H and O–H groups in total. The number of sulfonamides is 1. The highest BCUT2D eigenvalue weighted by Gasteiger charge is 2.16. The Bertz CT molecular complexity index is 468. The van der Waals surface area contributed by atoms with Crippen molar-refractivity contribution in [1.82, 2.24) is 4.31 Å². The quantitative estimate of drug-likeness (QED) is 0.755. The summed E-state index contributed by atoms with van der Waals surface area (Å²) in [5, 5.41) is 0.117. The van der Waals surface area contributed by atoms with E-state index in [1.807, 2.05) is 12.1 Å². The number of rotatable bonds is 6. The fourth-order valence-corrected chi connectivity index (χ4v) is 2.98. The summed E-state index contributed by atoms with van der Waals surface area (Å²) in [5.41, 5.74) is 1.07. The van der Waals surface area contributed by atoms with Crippen LogP contribution in [0.25, 0.3) is 0 Å². The van der Waals surface area contributed by atoms with E-state index < -0.39 is 10.0 Å². The zero-order valence-electron chi connectivity index (χ0n) is 11.1. The molecule has 0 amide bonds. The van der Waals surface area contributed by atoms with E-state index in [4.69, 9.17) is 11.6 Å². The molecule has 0 spiro atoms. The van der Waals surface area contributed by atoms with Gasteiger partial charge in [-0.15, -0.1) is 11.6 Å². The Hall–Kier alpha value is -0.580. The van der Waals surface area contributed by atoms with Gasteiger partial charge in [0.2, 0.25) is 10.0 Å². The number of halogens is 1. The van der Waals surface area contributed by atoms with Gasteiger partial charge in [-0.25, -0.2) is 12.7 Å². The minimum absolute atomic E-state index is 0.117. The van der Waals surface area contributed by atoms with Gasteiger partial charge in [0.25, 0.3) is 0 Å². The van der Waals surface area contributed by atoms with Crippen LogP contribution in [0.1, 0.15) is 25.3 Å². The second-order valence-electron chi connectivity index (χ2n) is 4.52. The van der Waals surface area contributed by atoms with Gasteiger partial charge >= 0.3 is 0 Å². The molecule has 1 aromatic rings. The SMILES string of the molecule is CCCC(Cl)Cc1ccc(S(=O)(=O)N(C)C)cc1. The molecule has 0 saturated heterocycles. The van der Waals surface area contributed by atoms with Crippen molar-refractivity contribution < 1.29 is 8.42 Å². The lowest BCUT2D eigenvalue weighted by atomic mass is 10.1. The van der Waals surface area contributed by atoms with E-state index in [-0.39, 0.29) is 5.38 Å². The molecule has 3 nitrogen and oxygen atoms in total. The Kier molecular flexibility index (Phi) is 5.63. The van der Waals surface area contributed by atoms with Crippen LogP contribution in [-0.4, -0.2) is 32.2 Å². The number of alkyl halides is 1. The summed E-state index contributed by atoms with van der Waals surface area (Å²) in [6.45, 7) is 2.10. The number of benzene rings is 1. The first-order valence-electron chi connectivity index (χ1n) is 6.03. The first-order chi connectivity index (χ1) is 8.37. The van der Waals surface area contributed by atoms with Crippen LogP contribution in [0.3, 0.4) is 0 Å². The van der Waals surface area contributed by atoms with Gasteiger partial charge in [-0.1, -0.05) is 25.5 Å². The van der Waals surface area contributed by atoms with Crippen LogP contribution in [0, 0.1) is 0 Å². The lowest BCUT2D eigenvalue weighted by molar-refractivity contribution is 0.520. The Morgan fingerprint density at radius 1 is 1.22 bits per heavy atom. The van der Waals surface area contributed by atoms with Crippen molar-refractivity contribution in [3.05, 3.63) is 29.8 Å². The molecule has 1 atom stereocenters. The van der Waals surface area contributed by atoms with Gasteiger partial charge < -0.3 is 0 Å². The Morgan fingerprint density at radius 2 is 1.78 bits per heavy atom. The molecule has 102 valence electrons. The van der Waals surface area contributed by atoms with Crippen molar-refractivity contribution in [2.45, 2.75) is 36.5 Å². The standard InChI is InChI=1S/C13H20ClNO2S/c1-4-5-12(14)10-11-6-8-13(9-7-11)18(16,17)15(2)3/h6-9,12H,4-5,10H2,1-3H3. The normalized spacial score (nSPS) is 13.8. The summed E-state index contributed by atoms with van der Waals surface area (Å²) in [6.07, 6.45) is 2.80. The average Bonchev–Trinajstić information content (AvgIpc) is 2.29. The highest BCUT2D eigenvalue weighted by molar-refractivity contribution is 7.89. The lowest BCUT2D eigenvalue weighted by Gasteiger charge is -2.12. The molecule has 0 aliphatic carbocycles. The van der Waals surface area contributed by atoms with Crippen molar-refractivity contribution in [2.24, 2.45) is 0 Å². The minimum atomic E-state index is -3.33. The molecular weight excluding hydrogens is 270 g/mol. The molecule has 18 heavy (non-hydrogen) atoms. The second-order valence-corrected chi connectivity index (χ2v) is 7.29. The van der Waals surface area contributed by atoms with E-state index in [0.717, 1.165) is 24.8 Å². The fraction of sp³-hybridized carbons (Fsp3) is 0.538. The first-order valence-corrected chi connectivity index (χ1v) is 7.91. The fourth-order valence-electron chi connectivity index (χ4n) is 1.68. The summed E-state index contributed by atoms with van der Waals surface area (Å²) in [7, 11) is -0.278. The van der Waals surface area contributed by atoms with Gasteiger partial charge in [0, 0.05) is 19.5 Å². The molecular formula is C13H20ClNO2S. The van der Waals surface area contributed by atoms with E-state index in [9.17, 15) is 8.42 Å². The third-order valence-corrected chi connectivity index (χ3v) is 4.96. The molecule has 0 saturated carbocycles. The van der Waals surface area contributed by atoms with Gasteiger partial charge in [0.15, 0.2) is 0 Å². The molecule has 1 aromatic carbocycles. The van der Waals surface area contributed by atoms with Gasteiger partial charge in [0.1, 0.15) is 0 Å². The molecule has 0 aromatic heterocycles. The maximum absolute atomic E-state index is 11.9. The molecule has 0 heterocycles. The molecule has 0 radical (unpaired) electrons. The minimum Gasteiger partial charge on any atom is -0.207 e. The molecule has 0 aliphatic rings. The van der Waals surface area contributed by atoms with Gasteiger partial charge in [-0.05, 0) is 30.5 Å². The van der Waals surface area contributed by atoms with E-state index in [2.05, 4.69) is 6.92 Å². The van der Waals surface area contributed by atoms with Crippen molar-refractivity contribution in [3.8, 4) is 0 Å². The van der Waals surface area contributed by atoms with Crippen molar-refractivity contribution in [1.29, 1.82) is 0 Å². The molecule has 0 aliphatic heterocycles. The summed E-state index contributed by atoms with van der Waals surface area (Å²) < 4.78 is 24.9. The summed E-state index contributed by atoms with van der Waals surface area (Å²) in [6, 6.07) is 6.95. The van der Waals surface area contributed by atoms with Crippen LogP contribution in [-0.2, 0) is 16.4 Å².